The van der Waals surface area contributed by atoms with Gasteiger partial charge in [-0.05, 0) is 91.4 Å². The van der Waals surface area contributed by atoms with Crippen LogP contribution in [0, 0.1) is 11.3 Å². The molecule has 0 aromatic heterocycles. The van der Waals surface area contributed by atoms with E-state index in [4.69, 9.17) is 14.6 Å². The summed E-state index contributed by atoms with van der Waals surface area (Å²) in [6.45, 7) is 9.23. The molecule has 0 bridgehead atoms. The second-order valence-electron chi connectivity index (χ2n) is 16.5. The molecule has 0 saturated heterocycles. The van der Waals surface area contributed by atoms with Crippen LogP contribution >= 0.6 is 0 Å². The first-order valence-electron chi connectivity index (χ1n) is 23.6. The van der Waals surface area contributed by atoms with Crippen molar-refractivity contribution in [3.63, 3.8) is 0 Å². The summed E-state index contributed by atoms with van der Waals surface area (Å²) >= 11 is 0. The van der Waals surface area contributed by atoms with Crippen molar-refractivity contribution < 1.29 is 53.9 Å². The molecule has 0 aromatic carbocycles. The third-order valence-corrected chi connectivity index (χ3v) is 10.9. The van der Waals surface area contributed by atoms with Gasteiger partial charge in [-0.2, -0.15) is 0 Å². The number of ketones is 3. The van der Waals surface area contributed by atoms with Gasteiger partial charge in [0.15, 0.2) is 17.0 Å². The highest BCUT2D eigenvalue weighted by atomic mass is 16.5. The normalized spacial score (nSPS) is 13.7. The lowest BCUT2D eigenvalue weighted by atomic mass is 9.66. The zero-order valence-electron chi connectivity index (χ0n) is 38.8. The Morgan fingerprint density at radius 1 is 0.533 bits per heavy atom. The largest absolute Gasteiger partial charge is 0.466 e. The van der Waals surface area contributed by atoms with Gasteiger partial charge < -0.3 is 29.9 Å². The van der Waals surface area contributed by atoms with Crippen LogP contribution in [0.5, 0.6) is 0 Å². The third-order valence-electron chi connectivity index (χ3n) is 10.9. The Kier molecular flexibility index (Phi) is 39.9. The highest BCUT2D eigenvalue weighted by Crippen LogP contribution is 2.37. The summed E-state index contributed by atoms with van der Waals surface area (Å²) in [7, 11) is 0. The van der Waals surface area contributed by atoms with Crippen molar-refractivity contribution in [3.05, 3.63) is 24.3 Å². The maximum atomic E-state index is 12.8. The van der Waals surface area contributed by atoms with Crippen LogP contribution in [0.1, 0.15) is 208 Å². The number of allylic oxidation sites excluding steroid dienone is 2. The highest BCUT2D eigenvalue weighted by Gasteiger charge is 2.57. The molecule has 0 aliphatic carbocycles. The van der Waals surface area contributed by atoms with E-state index in [2.05, 4.69) is 32.9 Å². The van der Waals surface area contributed by atoms with Crippen molar-refractivity contribution >= 4 is 29.3 Å². The maximum Gasteiger partial charge on any atom is 0.328 e. The van der Waals surface area contributed by atoms with Crippen molar-refractivity contribution in [1.82, 2.24) is 0 Å². The first-order valence-corrected chi connectivity index (χ1v) is 23.6. The quantitative estimate of drug-likeness (QED) is 0.0200. The van der Waals surface area contributed by atoms with Gasteiger partial charge in [-0.15, -0.1) is 0 Å². The Labute approximate surface area is 364 Å². The average molecular weight is 853 g/mol. The van der Waals surface area contributed by atoms with Gasteiger partial charge in [-0.3, -0.25) is 24.0 Å². The number of hydrogen-bond donors (Lipinski definition) is 4. The van der Waals surface area contributed by atoms with Gasteiger partial charge >= 0.3 is 11.9 Å². The molecule has 0 heterocycles. The van der Waals surface area contributed by atoms with Gasteiger partial charge in [-0.1, -0.05) is 135 Å². The number of esters is 2. The summed E-state index contributed by atoms with van der Waals surface area (Å²) in [6.07, 6.45) is 31.6. The molecule has 0 fully saturated rings. The molecule has 0 spiro atoms. The molecule has 4 atom stereocenters. The zero-order chi connectivity index (χ0) is 45.4. The van der Waals surface area contributed by atoms with E-state index in [1.54, 1.807) is 0 Å². The molecule has 0 aromatic rings. The first kappa shape index (κ1) is 59.4. The molecule has 60 heavy (non-hydrogen) atoms. The van der Waals surface area contributed by atoms with Crippen molar-refractivity contribution in [2.45, 2.75) is 227 Å². The smallest absolute Gasteiger partial charge is 0.328 e. The SMILES string of the molecule is CCCCCC[C@@H](O)C/C=C\CCCCCC(C(C)=O)C(C(C)=O)(C(C)=O)C(=O)OCC(O)CO.CCCCCC[C@@H](O)C/C=C\CCCCCCCC(=O)OCCCC. The van der Waals surface area contributed by atoms with E-state index in [9.17, 15) is 39.3 Å². The van der Waals surface area contributed by atoms with Crippen LogP contribution in [0.25, 0.3) is 0 Å². The molecule has 11 nitrogen and oxygen atoms in total. The number of aliphatic hydroxyl groups is 4. The number of rotatable bonds is 39. The predicted octanol–water partition coefficient (Wildman–Crippen LogP) is 9.82. The molecule has 0 aliphatic rings. The number of ether oxygens (including phenoxy) is 2. The molecule has 0 saturated carbocycles. The number of Topliss-reactive ketones (excluding diaryl/α,β-unsaturated/α-hetero) is 3. The first-order chi connectivity index (χ1) is 28.7. The van der Waals surface area contributed by atoms with Crippen molar-refractivity contribution in [1.29, 1.82) is 0 Å². The van der Waals surface area contributed by atoms with E-state index in [0.717, 1.165) is 104 Å². The second kappa shape index (κ2) is 40.3. The summed E-state index contributed by atoms with van der Waals surface area (Å²) in [5.41, 5.74) is -2.26. The molecule has 0 radical (unpaired) electrons. The van der Waals surface area contributed by atoms with Crippen molar-refractivity contribution in [3.8, 4) is 0 Å². The third kappa shape index (κ3) is 30.3. The van der Waals surface area contributed by atoms with Gasteiger partial charge in [0.2, 0.25) is 0 Å². The standard InChI is InChI=1S/C27H46O8.C22H42O3/c1-5-6-7-12-15-23(32)16-13-10-8-9-11-14-17-25(20(2)29)27(21(3)30,22(4)31)26(34)35-19-24(33)18-28;1-3-5-7-14-17-21(23)18-15-12-10-8-9-11-13-16-19-22(24)25-20-6-4-2/h10,13,23-25,28,32-33H,5-9,11-12,14-19H2,1-4H3;12,15,21,23H,3-11,13-14,16-20H2,1-2H3/b13-10-;15-12-/t23-,24?,25?;21-/m11/s1. The maximum absolute atomic E-state index is 12.8. The van der Waals surface area contributed by atoms with Gasteiger partial charge in [0.25, 0.3) is 0 Å². The molecular weight excluding hydrogens is 765 g/mol. The molecule has 2 unspecified atom stereocenters. The average Bonchev–Trinajstić information content (AvgIpc) is 3.21. The minimum atomic E-state index is -2.26. The van der Waals surface area contributed by atoms with Crippen LogP contribution in [0.3, 0.4) is 0 Å². The molecular formula is C49H88O11. The van der Waals surface area contributed by atoms with E-state index in [-0.39, 0.29) is 24.6 Å². The van der Waals surface area contributed by atoms with Crippen molar-refractivity contribution in [2.24, 2.45) is 11.3 Å². The second-order valence-corrected chi connectivity index (χ2v) is 16.5. The minimum Gasteiger partial charge on any atom is -0.466 e. The summed E-state index contributed by atoms with van der Waals surface area (Å²) < 4.78 is 10.1. The molecule has 0 aliphatic heterocycles. The highest BCUT2D eigenvalue weighted by molar-refractivity contribution is 6.23. The lowest BCUT2D eigenvalue weighted by molar-refractivity contribution is -0.172. The Balaban J connectivity index is 0. The Morgan fingerprint density at radius 2 is 0.983 bits per heavy atom. The van der Waals surface area contributed by atoms with E-state index >= 15 is 0 Å². The van der Waals surface area contributed by atoms with E-state index < -0.39 is 54.0 Å². The molecule has 0 amide bonds. The zero-order valence-corrected chi connectivity index (χ0v) is 38.8. The summed E-state index contributed by atoms with van der Waals surface area (Å²) in [6, 6.07) is 0. The van der Waals surface area contributed by atoms with Gasteiger partial charge in [0.1, 0.15) is 18.5 Å². The molecule has 11 heteroatoms. The van der Waals surface area contributed by atoms with Crippen LogP contribution in [0.2, 0.25) is 0 Å². The van der Waals surface area contributed by atoms with Gasteiger partial charge in [0, 0.05) is 12.3 Å². The lowest BCUT2D eigenvalue weighted by Gasteiger charge is -2.33. The Morgan fingerprint density at radius 3 is 1.45 bits per heavy atom. The van der Waals surface area contributed by atoms with Crippen molar-refractivity contribution in [2.75, 3.05) is 19.8 Å². The fourth-order valence-corrected chi connectivity index (χ4v) is 7.07. The minimum absolute atomic E-state index is 0.0374. The molecule has 0 rings (SSSR count). The summed E-state index contributed by atoms with van der Waals surface area (Å²) in [4.78, 5) is 61.8. The Bertz CT molecular complexity index is 1150. The van der Waals surface area contributed by atoms with Crippen LogP contribution in [0.15, 0.2) is 24.3 Å². The van der Waals surface area contributed by atoms with Crippen LogP contribution in [-0.2, 0) is 33.4 Å². The molecule has 4 N–H and O–H groups in total. The Hall–Kier alpha value is -2.73. The van der Waals surface area contributed by atoms with Crippen LogP contribution in [0.4, 0.5) is 0 Å². The summed E-state index contributed by atoms with van der Waals surface area (Å²) in [5.74, 6) is -4.36. The number of hydrogen-bond acceptors (Lipinski definition) is 11. The fourth-order valence-electron chi connectivity index (χ4n) is 7.07. The monoisotopic (exact) mass is 853 g/mol. The van der Waals surface area contributed by atoms with Gasteiger partial charge in [0.05, 0.1) is 25.4 Å². The number of aliphatic hydroxyl groups excluding tert-OH is 4. The van der Waals surface area contributed by atoms with E-state index in [1.165, 1.54) is 58.3 Å². The van der Waals surface area contributed by atoms with Gasteiger partial charge in [-0.25, -0.2) is 0 Å². The van der Waals surface area contributed by atoms with E-state index in [1.807, 2.05) is 12.2 Å². The van der Waals surface area contributed by atoms with E-state index in [0.29, 0.717) is 25.9 Å². The lowest BCUT2D eigenvalue weighted by Crippen LogP contribution is -2.53. The van der Waals surface area contributed by atoms with Crippen LogP contribution < -0.4 is 0 Å². The molecule has 350 valence electrons. The predicted molar refractivity (Wildman–Crippen MR) is 240 cm³/mol. The summed E-state index contributed by atoms with van der Waals surface area (Å²) in [5, 5.41) is 38.2. The van der Waals surface area contributed by atoms with Crippen LogP contribution in [-0.4, -0.2) is 87.8 Å². The number of unbranched alkanes of at least 4 members (excludes halogenated alkanes) is 15. The number of carbonyl (C=O) groups excluding carboxylic acids is 5. The fraction of sp³-hybridized carbons (Fsp3) is 0.816. The topological polar surface area (TPSA) is 185 Å². The number of carbonyl (C=O) groups is 5.